The maximum atomic E-state index is 13.7. The number of hydrogen-bond acceptors (Lipinski definition) is 10. The number of aliphatic hydroxyl groups is 1. The van der Waals surface area contributed by atoms with Gasteiger partial charge in [0.25, 0.3) is 11.8 Å². The molecular formula is C42H39N5O7. The molecule has 4 heterocycles. The topological polar surface area (TPSA) is 149 Å². The second-order valence-electron chi connectivity index (χ2n) is 13.4. The number of fused-ring (bicyclic) bond motifs is 4. The summed E-state index contributed by atoms with van der Waals surface area (Å²) in [5.41, 5.74) is 12.9. The van der Waals surface area contributed by atoms with Crippen molar-refractivity contribution in [1.29, 1.82) is 0 Å². The molecule has 4 aliphatic heterocycles. The third kappa shape index (κ3) is 6.56. The summed E-state index contributed by atoms with van der Waals surface area (Å²) in [7, 11) is 3.16. The minimum Gasteiger partial charge on any atom is -0.497 e. The Morgan fingerprint density at radius 3 is 1.80 bits per heavy atom. The molecule has 2 amide bonds. The van der Waals surface area contributed by atoms with Crippen LogP contribution in [0.5, 0.6) is 23.0 Å². The van der Waals surface area contributed by atoms with Crippen LogP contribution in [0.15, 0.2) is 95.2 Å². The van der Waals surface area contributed by atoms with E-state index in [1.165, 1.54) is 7.11 Å². The predicted molar refractivity (Wildman–Crippen MR) is 206 cm³/mol. The normalized spacial score (nSPS) is 18.2. The number of aliphatic hydroxyl groups excluding tert-OH is 1. The number of ether oxygens (including phenoxy) is 4. The fourth-order valence-corrected chi connectivity index (χ4v) is 7.12. The minimum absolute atomic E-state index is 0.169. The molecule has 0 saturated carbocycles. The first-order chi connectivity index (χ1) is 26.3. The van der Waals surface area contributed by atoms with E-state index in [4.69, 9.17) is 24.7 Å². The van der Waals surface area contributed by atoms with Gasteiger partial charge in [-0.15, -0.1) is 0 Å². The number of nitrogens with two attached hydrogens (primary N) is 1. The van der Waals surface area contributed by atoms with Crippen molar-refractivity contribution in [2.75, 3.05) is 33.2 Å². The highest BCUT2D eigenvalue weighted by molar-refractivity contribution is 6.06. The van der Waals surface area contributed by atoms with Crippen LogP contribution in [0.4, 0.5) is 17.1 Å². The maximum absolute atomic E-state index is 13.7. The molecule has 0 bridgehead atoms. The van der Waals surface area contributed by atoms with E-state index in [9.17, 15) is 14.7 Å². The van der Waals surface area contributed by atoms with Gasteiger partial charge in [-0.25, -0.2) is 0 Å². The Morgan fingerprint density at radius 2 is 1.24 bits per heavy atom. The zero-order valence-electron chi connectivity index (χ0n) is 29.9. The van der Waals surface area contributed by atoms with Crippen LogP contribution in [0.3, 0.4) is 0 Å². The van der Waals surface area contributed by atoms with E-state index < -0.39 is 0 Å². The second-order valence-corrected chi connectivity index (χ2v) is 13.4. The first kappa shape index (κ1) is 34.7. The van der Waals surface area contributed by atoms with Gasteiger partial charge in [0.15, 0.2) is 11.5 Å². The van der Waals surface area contributed by atoms with Crippen LogP contribution in [-0.2, 0) is 6.61 Å². The van der Waals surface area contributed by atoms with Crippen molar-refractivity contribution in [3.8, 4) is 23.0 Å². The molecule has 0 saturated heterocycles. The zero-order chi connectivity index (χ0) is 37.3. The third-order valence-electron chi connectivity index (χ3n) is 10.0. The Balaban J connectivity index is 0.909. The molecule has 2 atom stereocenters. The lowest BCUT2D eigenvalue weighted by atomic mass is 10.0. The van der Waals surface area contributed by atoms with E-state index in [-0.39, 0.29) is 43.7 Å². The van der Waals surface area contributed by atoms with Crippen molar-refractivity contribution in [2.45, 2.75) is 38.0 Å². The van der Waals surface area contributed by atoms with Crippen LogP contribution >= 0.6 is 0 Å². The zero-order valence-corrected chi connectivity index (χ0v) is 29.9. The number of nitrogen functional groups attached to an aromatic ring is 1. The molecule has 0 aromatic heterocycles. The molecular weight excluding hydrogens is 686 g/mol. The van der Waals surface area contributed by atoms with E-state index >= 15 is 0 Å². The molecule has 274 valence electrons. The molecule has 4 aromatic carbocycles. The minimum atomic E-state index is -0.311. The van der Waals surface area contributed by atoms with Gasteiger partial charge in [-0.3, -0.25) is 19.6 Å². The van der Waals surface area contributed by atoms with Gasteiger partial charge in [-0.2, -0.15) is 0 Å². The van der Waals surface area contributed by atoms with E-state index in [0.717, 1.165) is 28.0 Å². The van der Waals surface area contributed by atoms with Crippen molar-refractivity contribution in [3.63, 3.8) is 0 Å². The van der Waals surface area contributed by atoms with Crippen molar-refractivity contribution < 1.29 is 33.6 Å². The van der Waals surface area contributed by atoms with Gasteiger partial charge in [0.05, 0.1) is 68.6 Å². The average Bonchev–Trinajstić information content (AvgIpc) is 3.78. The number of hydrogen-bond donors (Lipinski definition) is 2. The fraction of sp³-hybridized carbons (Fsp3) is 0.238. The molecule has 12 nitrogen and oxygen atoms in total. The number of anilines is 1. The van der Waals surface area contributed by atoms with Gasteiger partial charge in [-0.05, 0) is 58.7 Å². The van der Waals surface area contributed by atoms with Crippen LogP contribution in [0.25, 0.3) is 11.1 Å². The lowest BCUT2D eigenvalue weighted by Gasteiger charge is -2.19. The summed E-state index contributed by atoms with van der Waals surface area (Å²) in [5, 5.41) is 10.2. The fourth-order valence-electron chi connectivity index (χ4n) is 7.12. The molecule has 3 N–H and O–H groups in total. The first-order valence-electron chi connectivity index (χ1n) is 17.7. The SMILES string of the molecule is COc1ccc(C2=CN3C(=O)c4cc(CO)c(OCCCOc5cc6c(cc5OC)C(=O)N5C=C(c7ccc(N)cc7)C[C@H]5C=N6)cc4N=C[C@@H]3C2)cc1. The number of methoxy groups -OCH3 is 2. The highest BCUT2D eigenvalue weighted by Crippen LogP contribution is 2.41. The Bertz CT molecular complexity index is 2240. The third-order valence-corrected chi connectivity index (χ3v) is 10.0. The van der Waals surface area contributed by atoms with Gasteiger partial charge in [0.2, 0.25) is 0 Å². The van der Waals surface area contributed by atoms with Crippen LogP contribution in [0.2, 0.25) is 0 Å². The second kappa shape index (κ2) is 14.6. The average molecular weight is 726 g/mol. The Hall–Kier alpha value is -6.40. The number of carbonyl (C=O) groups is 2. The maximum Gasteiger partial charge on any atom is 0.260 e. The van der Waals surface area contributed by atoms with Crippen LogP contribution < -0.4 is 24.7 Å². The van der Waals surface area contributed by atoms with Gasteiger partial charge in [0.1, 0.15) is 11.5 Å². The highest BCUT2D eigenvalue weighted by Gasteiger charge is 2.35. The number of benzene rings is 4. The van der Waals surface area contributed by atoms with Crippen molar-refractivity contribution in [3.05, 3.63) is 113 Å². The van der Waals surface area contributed by atoms with Gasteiger partial charge >= 0.3 is 0 Å². The molecule has 0 fully saturated rings. The summed E-state index contributed by atoms with van der Waals surface area (Å²) < 4.78 is 23.1. The largest absolute Gasteiger partial charge is 0.497 e. The van der Waals surface area contributed by atoms with Gasteiger partial charge in [0, 0.05) is 67.5 Å². The highest BCUT2D eigenvalue weighted by atomic mass is 16.5. The van der Waals surface area contributed by atoms with Crippen LogP contribution in [0, 0.1) is 0 Å². The first-order valence-corrected chi connectivity index (χ1v) is 17.7. The van der Waals surface area contributed by atoms with E-state index in [2.05, 4.69) is 9.98 Å². The number of nitrogens with zero attached hydrogens (tertiary/aromatic N) is 4. The molecule has 0 spiro atoms. The van der Waals surface area contributed by atoms with Crippen molar-refractivity contribution >= 4 is 52.5 Å². The summed E-state index contributed by atoms with van der Waals surface area (Å²) in [6, 6.07) is 21.7. The molecule has 8 rings (SSSR count). The lowest BCUT2D eigenvalue weighted by Crippen LogP contribution is -2.32. The Labute approximate surface area is 312 Å². The predicted octanol–water partition coefficient (Wildman–Crippen LogP) is 6.57. The number of aliphatic imine (C=N–C) groups is 2. The summed E-state index contributed by atoms with van der Waals surface area (Å²) in [6.07, 6.45) is 9.11. The van der Waals surface area contributed by atoms with E-state index in [0.29, 0.717) is 70.3 Å². The lowest BCUT2D eigenvalue weighted by molar-refractivity contribution is 0.0809. The number of amides is 2. The molecule has 0 unspecified atom stereocenters. The van der Waals surface area contributed by atoms with Crippen LogP contribution in [0.1, 0.15) is 56.7 Å². The quantitative estimate of drug-likeness (QED) is 0.130. The Kier molecular flexibility index (Phi) is 9.34. The molecule has 54 heavy (non-hydrogen) atoms. The molecule has 4 aromatic rings. The molecule has 0 radical (unpaired) electrons. The summed E-state index contributed by atoms with van der Waals surface area (Å²) in [4.78, 5) is 40.2. The monoisotopic (exact) mass is 725 g/mol. The van der Waals surface area contributed by atoms with E-state index in [1.54, 1.807) is 53.6 Å². The van der Waals surface area contributed by atoms with E-state index in [1.807, 2.05) is 60.9 Å². The molecule has 0 aliphatic carbocycles. The number of carbonyl (C=O) groups excluding carboxylic acids is 2. The Morgan fingerprint density at radius 1 is 0.704 bits per heavy atom. The molecule has 12 heteroatoms. The standard InChI is InChI=1S/C42H39N5O7/c1-51-33-10-6-26(7-11-33)28-15-31-20-44-36-18-38(29(24-48)16-34(36)41(49)46(31)23-28)53-12-3-13-54-40-19-37-35(17-39(40)52-2)42(50)47-22-27(14-32(47)21-45-37)25-4-8-30(43)9-5-25/h4-11,16-23,31-32,48H,3,12-15,24,43H2,1-2H3/t31-,32-/m0/s1. The summed E-state index contributed by atoms with van der Waals surface area (Å²) in [5.74, 6) is 1.73. The van der Waals surface area contributed by atoms with Gasteiger partial charge in [-0.1, -0.05) is 24.3 Å². The van der Waals surface area contributed by atoms with Crippen molar-refractivity contribution in [1.82, 2.24) is 9.80 Å². The van der Waals surface area contributed by atoms with Gasteiger partial charge < -0.3 is 39.6 Å². The van der Waals surface area contributed by atoms with Crippen LogP contribution in [-0.4, -0.2) is 78.7 Å². The number of rotatable bonds is 11. The van der Waals surface area contributed by atoms with Crippen molar-refractivity contribution in [2.24, 2.45) is 9.98 Å². The molecule has 4 aliphatic rings. The smallest absolute Gasteiger partial charge is 0.260 e. The summed E-state index contributed by atoms with van der Waals surface area (Å²) >= 11 is 0. The summed E-state index contributed by atoms with van der Waals surface area (Å²) in [6.45, 7) is 0.245.